The predicted molar refractivity (Wildman–Crippen MR) is 215 cm³/mol. The largest absolute Gasteiger partial charge is 0.394 e. The van der Waals surface area contributed by atoms with E-state index in [1.54, 1.807) is 0 Å². The predicted octanol–water partition coefficient (Wildman–Crippen LogP) is -2.89. The Balaban J connectivity index is 1.27. The van der Waals surface area contributed by atoms with Crippen LogP contribution in [-0.4, -0.2) is 184 Å². The number of carbonyl (C=O) groups is 3. The van der Waals surface area contributed by atoms with Crippen LogP contribution in [0.1, 0.15) is 97.8 Å². The van der Waals surface area contributed by atoms with Crippen LogP contribution in [0.4, 0.5) is 0 Å². The number of aliphatic hydroxyl groups excluding tert-OH is 12. The van der Waals surface area contributed by atoms with Crippen molar-refractivity contribution in [3.05, 3.63) is 0 Å². The fraction of sp³-hybridized carbons (Fsp3) is 0.929. The number of fused-ring (bicyclic) bond motifs is 5. The molecular weight excluding hydrogens is 786 g/mol. The zero-order chi connectivity index (χ0) is 44.7. The first kappa shape index (κ1) is 50.6. The topological polar surface area (TPSA) is 321 Å². The van der Waals surface area contributed by atoms with E-state index in [0.29, 0.717) is 30.1 Å². The smallest absolute Gasteiger partial charge is 0.254 e. The number of nitrogens with zero attached hydrogens (tertiary/aromatic N) is 1. The molecule has 348 valence electrons. The summed E-state index contributed by atoms with van der Waals surface area (Å²) in [7, 11) is 0. The van der Waals surface area contributed by atoms with Gasteiger partial charge < -0.3 is 76.8 Å². The van der Waals surface area contributed by atoms with Gasteiger partial charge in [-0.15, -0.1) is 0 Å². The summed E-state index contributed by atoms with van der Waals surface area (Å²) in [6, 6.07) is 0. The van der Waals surface area contributed by atoms with Crippen molar-refractivity contribution in [1.29, 1.82) is 0 Å². The van der Waals surface area contributed by atoms with E-state index < -0.39 is 80.0 Å². The van der Waals surface area contributed by atoms with Crippen LogP contribution in [0, 0.1) is 46.3 Å². The van der Waals surface area contributed by atoms with Crippen LogP contribution in [-0.2, 0) is 14.4 Å². The molecule has 18 heteroatoms. The third-order valence-electron chi connectivity index (χ3n) is 15.5. The highest BCUT2D eigenvalue weighted by atomic mass is 16.4. The lowest BCUT2D eigenvalue weighted by molar-refractivity contribution is -0.174. The summed E-state index contributed by atoms with van der Waals surface area (Å²) >= 11 is 0. The van der Waals surface area contributed by atoms with Gasteiger partial charge in [0.1, 0.15) is 36.6 Å². The molecule has 0 heterocycles. The zero-order valence-electron chi connectivity index (χ0n) is 35.5. The summed E-state index contributed by atoms with van der Waals surface area (Å²) < 4.78 is 0. The Morgan fingerprint density at radius 3 is 1.90 bits per heavy atom. The third kappa shape index (κ3) is 11.2. The van der Waals surface area contributed by atoms with Crippen molar-refractivity contribution in [2.24, 2.45) is 46.3 Å². The van der Waals surface area contributed by atoms with Gasteiger partial charge in [-0.2, -0.15) is 0 Å². The minimum atomic E-state index is -2.21. The van der Waals surface area contributed by atoms with Crippen molar-refractivity contribution in [2.75, 3.05) is 39.4 Å². The summed E-state index contributed by atoms with van der Waals surface area (Å²) in [5, 5.41) is 126. The number of nitrogens with one attached hydrogen (secondary N) is 2. The van der Waals surface area contributed by atoms with Gasteiger partial charge in [-0.25, -0.2) is 0 Å². The SMILES string of the molecule is C[C@H](CCC(=O)NCCCN(CCCNC(=O)[C@H](O)[C@@H](O)[C@H](O)[C@H](O)CO)C(=O)[C@H](O)[C@@H](O)[C@H](O)[C@H](O)CO)[C@H]1CC[C@H]2[C@@H]3CC[C@@H]4C[C@H](O)CC[C@]4(C)[C@H]3C[C@H](O)[C@]12C. The van der Waals surface area contributed by atoms with E-state index in [1.807, 2.05) is 0 Å². The Labute approximate surface area is 353 Å². The standard InChI is InChI=1S/C42H75N3O15/c1-22(26-9-10-27-25-8-7-23-18-24(48)12-13-41(23,2)28(25)19-31(51)42(26,27)3)6-11-32(52)43-14-4-16-45(40(60)38(58)36(56)34(54)30(50)21-47)17-5-15-44-39(59)37(57)35(55)33(53)29(49)20-46/h22-31,33-38,46-51,53-58H,4-21H2,1-3H3,(H,43,52)(H,44,59)/t22-,23-,24-,25+,26-,27+,28+,29-,30-,31+,33-,34-,35+,36+,37-,38-,41+,42-/m1/s1. The lowest BCUT2D eigenvalue weighted by atomic mass is 9.43. The van der Waals surface area contributed by atoms with Crippen LogP contribution >= 0.6 is 0 Å². The minimum Gasteiger partial charge on any atom is -0.394 e. The molecule has 0 bridgehead atoms. The molecule has 4 fully saturated rings. The molecule has 0 aromatic heterocycles. The molecule has 4 aliphatic carbocycles. The molecule has 0 radical (unpaired) electrons. The number of hydrogen-bond acceptors (Lipinski definition) is 15. The van der Waals surface area contributed by atoms with Gasteiger partial charge in [-0.05, 0) is 117 Å². The van der Waals surface area contributed by atoms with Crippen molar-refractivity contribution in [1.82, 2.24) is 15.5 Å². The molecule has 14 N–H and O–H groups in total. The van der Waals surface area contributed by atoms with Crippen LogP contribution in [0.25, 0.3) is 0 Å². The van der Waals surface area contributed by atoms with Crippen molar-refractivity contribution < 1.29 is 75.7 Å². The highest BCUT2D eigenvalue weighted by Crippen LogP contribution is 2.68. The molecular formula is C42H75N3O15. The van der Waals surface area contributed by atoms with Gasteiger partial charge in [-0.1, -0.05) is 20.8 Å². The molecule has 3 amide bonds. The van der Waals surface area contributed by atoms with Gasteiger partial charge in [0.25, 0.3) is 11.8 Å². The molecule has 0 aliphatic heterocycles. The molecule has 0 saturated heterocycles. The maximum absolute atomic E-state index is 13.3. The lowest BCUT2D eigenvalue weighted by Crippen LogP contribution is -2.58. The Bertz CT molecular complexity index is 1400. The quantitative estimate of drug-likeness (QED) is 0.0486. The highest BCUT2D eigenvalue weighted by molar-refractivity contribution is 5.82. The van der Waals surface area contributed by atoms with E-state index in [1.165, 1.54) is 0 Å². The molecule has 18 atom stereocenters. The van der Waals surface area contributed by atoms with E-state index in [2.05, 4.69) is 31.4 Å². The van der Waals surface area contributed by atoms with Crippen LogP contribution in [0.5, 0.6) is 0 Å². The van der Waals surface area contributed by atoms with Gasteiger partial charge in [-0.3, -0.25) is 14.4 Å². The normalized spacial score (nSPS) is 34.6. The average Bonchev–Trinajstić information content (AvgIpc) is 3.61. The summed E-state index contributed by atoms with van der Waals surface area (Å²) in [4.78, 5) is 39.8. The Kier molecular flexibility index (Phi) is 18.6. The maximum atomic E-state index is 13.3. The zero-order valence-corrected chi connectivity index (χ0v) is 35.5. The lowest BCUT2D eigenvalue weighted by Gasteiger charge is -2.62. The average molecular weight is 862 g/mol. The molecule has 0 spiro atoms. The maximum Gasteiger partial charge on any atom is 0.254 e. The summed E-state index contributed by atoms with van der Waals surface area (Å²) in [5.74, 6) is 0.0436. The van der Waals surface area contributed by atoms with E-state index in [9.17, 15) is 65.4 Å². The van der Waals surface area contributed by atoms with Gasteiger partial charge >= 0.3 is 0 Å². The van der Waals surface area contributed by atoms with E-state index in [-0.39, 0.29) is 80.1 Å². The van der Waals surface area contributed by atoms with Crippen molar-refractivity contribution >= 4 is 17.7 Å². The third-order valence-corrected chi connectivity index (χ3v) is 15.5. The van der Waals surface area contributed by atoms with Crippen molar-refractivity contribution in [3.63, 3.8) is 0 Å². The molecule has 60 heavy (non-hydrogen) atoms. The number of rotatable bonds is 22. The monoisotopic (exact) mass is 862 g/mol. The fourth-order valence-corrected chi connectivity index (χ4v) is 11.8. The van der Waals surface area contributed by atoms with Gasteiger partial charge in [0.2, 0.25) is 5.91 Å². The first-order valence-corrected chi connectivity index (χ1v) is 22.1. The van der Waals surface area contributed by atoms with Crippen molar-refractivity contribution in [2.45, 2.75) is 159 Å². The number of carbonyl (C=O) groups excluding carboxylic acids is 3. The van der Waals surface area contributed by atoms with Crippen LogP contribution < -0.4 is 10.6 Å². The second kappa shape index (κ2) is 22.0. The van der Waals surface area contributed by atoms with E-state index in [0.717, 1.165) is 56.3 Å². The van der Waals surface area contributed by atoms with Crippen LogP contribution in [0.3, 0.4) is 0 Å². The molecule has 4 aliphatic rings. The van der Waals surface area contributed by atoms with Gasteiger partial charge in [0, 0.05) is 32.6 Å². The Hall–Kier alpha value is -2.07. The number of aliphatic hydroxyl groups is 12. The van der Waals surface area contributed by atoms with Crippen molar-refractivity contribution in [3.8, 4) is 0 Å². The van der Waals surface area contributed by atoms with Gasteiger partial charge in [0.15, 0.2) is 12.2 Å². The first-order valence-electron chi connectivity index (χ1n) is 22.1. The fourth-order valence-electron chi connectivity index (χ4n) is 11.8. The second-order valence-electron chi connectivity index (χ2n) is 18.9. The Morgan fingerprint density at radius 1 is 0.717 bits per heavy atom. The van der Waals surface area contributed by atoms with E-state index >= 15 is 0 Å². The molecule has 4 rings (SSSR count). The van der Waals surface area contributed by atoms with Gasteiger partial charge in [0.05, 0.1) is 25.4 Å². The summed E-state index contributed by atoms with van der Waals surface area (Å²) in [6.45, 7) is 4.72. The molecule has 0 unspecified atom stereocenters. The van der Waals surface area contributed by atoms with E-state index in [4.69, 9.17) is 10.2 Å². The van der Waals surface area contributed by atoms with Crippen LogP contribution in [0.15, 0.2) is 0 Å². The minimum absolute atomic E-state index is 0.0119. The number of hydrogen-bond donors (Lipinski definition) is 14. The summed E-state index contributed by atoms with van der Waals surface area (Å²) in [5.41, 5.74) is -0.0810. The Morgan fingerprint density at radius 2 is 1.30 bits per heavy atom. The van der Waals surface area contributed by atoms with Crippen LogP contribution in [0.2, 0.25) is 0 Å². The molecule has 0 aromatic rings. The molecule has 18 nitrogen and oxygen atoms in total. The highest BCUT2D eigenvalue weighted by Gasteiger charge is 2.63. The molecule has 4 saturated carbocycles. The second-order valence-corrected chi connectivity index (χ2v) is 18.9. The summed E-state index contributed by atoms with van der Waals surface area (Å²) in [6.07, 6.45) is -8.11. The molecule has 0 aromatic carbocycles. The first-order chi connectivity index (χ1) is 28.2. The number of amides is 3.